The summed E-state index contributed by atoms with van der Waals surface area (Å²) in [5, 5.41) is 1.15. The van der Waals surface area contributed by atoms with Gasteiger partial charge in [-0.25, -0.2) is 0 Å². The van der Waals surface area contributed by atoms with Crippen LogP contribution in [0.1, 0.15) is 27.7 Å². The fraction of sp³-hybridized carbons (Fsp3) is 0.600. The number of nitrogens with zero attached hydrogens (tertiary/aromatic N) is 2. The van der Waals surface area contributed by atoms with Gasteiger partial charge in [0.25, 0.3) is 0 Å². The van der Waals surface area contributed by atoms with E-state index < -0.39 is 23.9 Å². The highest BCUT2D eigenvalue weighted by atomic mass is 24.3. The maximum absolute atomic E-state index is 10.8. The number of carbonyl (C=O) groups excluding carboxylic acids is 4. The molecule has 0 saturated carbocycles. The van der Waals surface area contributed by atoms with Crippen LogP contribution in [0.15, 0.2) is 0 Å². The highest BCUT2D eigenvalue weighted by Crippen LogP contribution is 1.99. The van der Waals surface area contributed by atoms with Crippen molar-refractivity contribution >= 4 is 46.9 Å². The molecule has 0 aromatic heterocycles. The van der Waals surface area contributed by atoms with E-state index in [9.17, 15) is 19.2 Å². The summed E-state index contributed by atoms with van der Waals surface area (Å²) in [5.41, 5.74) is 0. The molecule has 0 radical (unpaired) electrons. The second kappa shape index (κ2) is 23.4. The third kappa shape index (κ3) is 27.2. The summed E-state index contributed by atoms with van der Waals surface area (Å²) in [6.07, 6.45) is 0. The van der Waals surface area contributed by atoms with Gasteiger partial charge in [-0.1, -0.05) is 0 Å². The first-order valence-corrected chi connectivity index (χ1v) is 5.50. The van der Waals surface area contributed by atoms with Crippen LogP contribution in [-0.4, -0.2) is 97.9 Å². The summed E-state index contributed by atoms with van der Waals surface area (Å²) in [7, 11) is 0. The Balaban J connectivity index is -0.000000120. The summed E-state index contributed by atoms with van der Waals surface area (Å²) in [4.78, 5) is 61.4. The Kier molecular flexibility index (Phi) is 39.6. The standard InChI is InChI=1S/C10H16N2O8.Mg.5H2O.2H/c1-7(13)17-11(18-8(2)14)5-6-12(19-9(3)15)20-10(4)16;;;;;;;;/h5-6H2,1-4H3;;5*1H2;;. The Labute approximate surface area is 164 Å². The molecule has 0 aliphatic heterocycles. The molecule has 0 aromatic carbocycles. The number of carbonyl (C=O) groups is 4. The predicted molar refractivity (Wildman–Crippen MR) is 87.1 cm³/mol. The van der Waals surface area contributed by atoms with Crippen LogP contribution in [0.3, 0.4) is 0 Å². The van der Waals surface area contributed by atoms with Gasteiger partial charge in [0.15, 0.2) is 0 Å². The van der Waals surface area contributed by atoms with Crippen LogP contribution in [-0.2, 0) is 38.5 Å². The zero-order valence-electron chi connectivity index (χ0n) is 14.1. The first kappa shape index (κ1) is 44.1. The van der Waals surface area contributed by atoms with Gasteiger partial charge in [-0.05, 0) is 0 Å². The number of hydrogen-bond acceptors (Lipinski definition) is 10. The van der Waals surface area contributed by atoms with Crippen molar-refractivity contribution in [2.45, 2.75) is 27.7 Å². The molecule has 0 saturated heterocycles. The molecular formula is C10H28MgN2O13. The van der Waals surface area contributed by atoms with Gasteiger partial charge in [0.05, 0.1) is 13.1 Å². The third-order valence-electron chi connectivity index (χ3n) is 1.39. The smallest absolute Gasteiger partial charge is 0.326 e. The van der Waals surface area contributed by atoms with Crippen LogP contribution < -0.4 is 0 Å². The van der Waals surface area contributed by atoms with Crippen LogP contribution in [0, 0.1) is 0 Å². The Hall–Kier alpha value is -1.63. The first-order chi connectivity index (χ1) is 9.20. The lowest BCUT2D eigenvalue weighted by Gasteiger charge is -2.22. The topological polar surface area (TPSA) is 269 Å². The van der Waals surface area contributed by atoms with Gasteiger partial charge in [-0.3, -0.25) is 19.2 Å². The highest BCUT2D eigenvalue weighted by molar-refractivity contribution is 5.75. The normalized spacial score (nSPS) is 7.77. The van der Waals surface area contributed by atoms with Crippen LogP contribution in [0.2, 0.25) is 0 Å². The van der Waals surface area contributed by atoms with E-state index in [-0.39, 0.29) is 63.5 Å². The molecule has 16 heteroatoms. The van der Waals surface area contributed by atoms with Gasteiger partial charge >= 0.3 is 46.9 Å². The molecule has 0 amide bonds. The molecule has 0 rings (SSSR count). The van der Waals surface area contributed by atoms with Gasteiger partial charge in [0.2, 0.25) is 0 Å². The fourth-order valence-corrected chi connectivity index (χ4v) is 0.957. The SMILES string of the molecule is CC(=O)ON(CCN(OC(C)=O)OC(C)=O)OC(C)=O.O.O.O.O.O.[MgH2]. The van der Waals surface area contributed by atoms with Crippen molar-refractivity contribution in [3.8, 4) is 0 Å². The van der Waals surface area contributed by atoms with Crippen molar-refractivity contribution in [1.29, 1.82) is 0 Å². The zero-order chi connectivity index (χ0) is 15.7. The molecule has 0 heterocycles. The van der Waals surface area contributed by atoms with Crippen molar-refractivity contribution in [2.75, 3.05) is 13.1 Å². The molecule has 0 spiro atoms. The number of hydroxylamine groups is 4. The molecule has 0 aromatic rings. The maximum Gasteiger partial charge on any atom is 0.326 e. The molecular weight excluding hydrogens is 380 g/mol. The van der Waals surface area contributed by atoms with Gasteiger partial charge in [-0.15, -0.1) is 0 Å². The molecule has 26 heavy (non-hydrogen) atoms. The minimum absolute atomic E-state index is 0. The Morgan fingerprint density at radius 2 is 0.692 bits per heavy atom. The van der Waals surface area contributed by atoms with Crippen molar-refractivity contribution in [2.24, 2.45) is 0 Å². The van der Waals surface area contributed by atoms with Crippen molar-refractivity contribution in [1.82, 2.24) is 10.5 Å². The summed E-state index contributed by atoms with van der Waals surface area (Å²) in [6.45, 7) is 3.97. The molecule has 0 aliphatic carbocycles. The first-order valence-electron chi connectivity index (χ1n) is 5.50. The van der Waals surface area contributed by atoms with Crippen molar-refractivity contribution in [3.63, 3.8) is 0 Å². The van der Waals surface area contributed by atoms with Gasteiger partial charge in [-0.2, -0.15) is 0 Å². The minimum Gasteiger partial charge on any atom is -0.412 e. The molecule has 158 valence electrons. The van der Waals surface area contributed by atoms with Crippen molar-refractivity contribution < 1.29 is 65.9 Å². The summed E-state index contributed by atoms with van der Waals surface area (Å²) < 4.78 is 0. The van der Waals surface area contributed by atoms with Crippen LogP contribution in [0.5, 0.6) is 0 Å². The lowest BCUT2D eigenvalue weighted by atomic mass is 10.7. The maximum atomic E-state index is 10.8. The number of rotatable bonds is 7. The monoisotopic (exact) mass is 408 g/mol. The fourth-order valence-electron chi connectivity index (χ4n) is 0.957. The van der Waals surface area contributed by atoms with Gasteiger partial charge in [0.1, 0.15) is 0 Å². The van der Waals surface area contributed by atoms with E-state index >= 15 is 0 Å². The molecule has 0 atom stereocenters. The second-order valence-corrected chi connectivity index (χ2v) is 3.44. The number of hydrogen-bond donors (Lipinski definition) is 0. The van der Waals surface area contributed by atoms with Crippen LogP contribution in [0.4, 0.5) is 0 Å². The minimum atomic E-state index is -0.724. The van der Waals surface area contributed by atoms with E-state index in [2.05, 4.69) is 19.4 Å². The summed E-state index contributed by atoms with van der Waals surface area (Å²) in [6, 6.07) is 0. The van der Waals surface area contributed by atoms with Crippen LogP contribution >= 0.6 is 0 Å². The summed E-state index contributed by atoms with van der Waals surface area (Å²) in [5.74, 6) is -2.90. The highest BCUT2D eigenvalue weighted by Gasteiger charge is 2.18. The van der Waals surface area contributed by atoms with E-state index in [1.54, 1.807) is 0 Å². The Morgan fingerprint density at radius 1 is 0.538 bits per heavy atom. The molecule has 15 nitrogen and oxygen atoms in total. The molecule has 0 aliphatic rings. The molecule has 0 bridgehead atoms. The van der Waals surface area contributed by atoms with Crippen LogP contribution in [0.25, 0.3) is 0 Å². The van der Waals surface area contributed by atoms with E-state index in [0.717, 1.165) is 27.7 Å². The van der Waals surface area contributed by atoms with E-state index in [4.69, 9.17) is 0 Å². The lowest BCUT2D eigenvalue weighted by molar-refractivity contribution is -0.354. The van der Waals surface area contributed by atoms with E-state index in [0.29, 0.717) is 10.5 Å². The molecule has 10 N–H and O–H groups in total. The molecule has 0 fully saturated rings. The quantitative estimate of drug-likeness (QED) is 0.284. The second-order valence-electron chi connectivity index (χ2n) is 3.44. The molecule has 0 unspecified atom stereocenters. The van der Waals surface area contributed by atoms with E-state index in [1.807, 2.05) is 0 Å². The van der Waals surface area contributed by atoms with Gasteiger partial charge in [0, 0.05) is 38.1 Å². The Morgan fingerprint density at radius 3 is 0.808 bits per heavy atom. The summed E-state index contributed by atoms with van der Waals surface area (Å²) >= 11 is 0. The zero-order valence-corrected chi connectivity index (χ0v) is 14.1. The largest absolute Gasteiger partial charge is 0.412 e. The van der Waals surface area contributed by atoms with E-state index in [1.165, 1.54) is 0 Å². The lowest BCUT2D eigenvalue weighted by Crippen LogP contribution is -2.38. The predicted octanol–water partition coefficient (Wildman–Crippen LogP) is -5.54. The van der Waals surface area contributed by atoms with Gasteiger partial charge < -0.3 is 46.7 Å². The average molecular weight is 409 g/mol. The average Bonchev–Trinajstić information content (AvgIpc) is 2.22. The third-order valence-corrected chi connectivity index (χ3v) is 1.39. The Bertz CT molecular complexity index is 327. The van der Waals surface area contributed by atoms with Crippen molar-refractivity contribution in [3.05, 3.63) is 0 Å².